The summed E-state index contributed by atoms with van der Waals surface area (Å²) in [5.41, 5.74) is 0.958. The number of hydrogen-bond acceptors (Lipinski definition) is 4. The van der Waals surface area contributed by atoms with E-state index in [0.717, 1.165) is 25.7 Å². The number of primary sulfonamides is 1. The van der Waals surface area contributed by atoms with Crippen LogP contribution in [0.15, 0.2) is 30.3 Å². The Balaban J connectivity index is 1.74. The molecular formula is C16H21NO4S. The number of carbonyl (C=O) groups is 1. The fraction of sp³-hybridized carbons (Fsp3) is 0.562. The van der Waals surface area contributed by atoms with Gasteiger partial charge >= 0.3 is 5.97 Å². The number of rotatable bonds is 3. The zero-order chi connectivity index (χ0) is 15.8. The average molecular weight is 323 g/mol. The van der Waals surface area contributed by atoms with E-state index in [2.05, 4.69) is 12.1 Å². The molecule has 3 rings (SSSR count). The van der Waals surface area contributed by atoms with Gasteiger partial charge in [0, 0.05) is 5.41 Å². The molecule has 1 atom stereocenters. The zero-order valence-corrected chi connectivity index (χ0v) is 13.2. The number of nitrogens with two attached hydrogens (primary N) is 1. The summed E-state index contributed by atoms with van der Waals surface area (Å²) >= 11 is 0. The fourth-order valence-corrected chi connectivity index (χ4v) is 4.74. The summed E-state index contributed by atoms with van der Waals surface area (Å²) in [6.07, 6.45) is 3.22. The highest BCUT2D eigenvalue weighted by molar-refractivity contribution is 7.89. The average Bonchev–Trinajstić information content (AvgIpc) is 2.74. The van der Waals surface area contributed by atoms with Crippen molar-refractivity contribution in [2.45, 2.75) is 44.1 Å². The number of carbonyl (C=O) groups excluding carboxylic acids is 1. The predicted octanol–water partition coefficient (Wildman–Crippen LogP) is 1.93. The maximum absolute atomic E-state index is 11.7. The summed E-state index contributed by atoms with van der Waals surface area (Å²) in [5, 5.41) is 5.15. The highest BCUT2D eigenvalue weighted by atomic mass is 32.2. The van der Waals surface area contributed by atoms with Crippen LogP contribution in [-0.4, -0.2) is 26.2 Å². The van der Waals surface area contributed by atoms with Gasteiger partial charge in [-0.1, -0.05) is 30.3 Å². The third-order valence-electron chi connectivity index (χ3n) is 5.09. The molecule has 2 fully saturated rings. The summed E-state index contributed by atoms with van der Waals surface area (Å²) in [6.45, 7) is 0. The van der Waals surface area contributed by atoms with Gasteiger partial charge in [-0.2, -0.15) is 0 Å². The topological polar surface area (TPSA) is 86.5 Å². The highest BCUT2D eigenvalue weighted by Gasteiger charge is 2.51. The Morgan fingerprint density at radius 1 is 1.18 bits per heavy atom. The molecule has 1 spiro atoms. The molecule has 1 unspecified atom stereocenters. The fourth-order valence-electron chi connectivity index (χ4n) is 3.90. The van der Waals surface area contributed by atoms with Gasteiger partial charge in [-0.25, -0.2) is 13.6 Å². The standard InChI is InChI=1S/C16H21NO4S/c17-22(19,20)11-14-16(10-15(18)21-14)8-6-13(7-9-16)12-4-2-1-3-5-12/h1-5,13-14H,6-11H2,(H2,17,19,20). The minimum absolute atomic E-state index is 0.269. The van der Waals surface area contributed by atoms with Crippen molar-refractivity contribution in [2.75, 3.05) is 5.75 Å². The third-order valence-corrected chi connectivity index (χ3v) is 5.86. The second-order valence-corrected chi connectivity index (χ2v) is 8.19. The molecule has 1 saturated heterocycles. The summed E-state index contributed by atoms with van der Waals surface area (Å²) in [5.74, 6) is -0.0983. The minimum atomic E-state index is -3.65. The number of benzene rings is 1. The van der Waals surface area contributed by atoms with Gasteiger partial charge in [0.1, 0.15) is 11.9 Å². The molecular weight excluding hydrogens is 302 g/mol. The SMILES string of the molecule is NS(=O)(=O)CC1OC(=O)CC12CCC(c1ccccc1)CC2. The Kier molecular flexibility index (Phi) is 3.99. The molecule has 1 aliphatic heterocycles. The molecule has 1 aliphatic carbocycles. The Hall–Kier alpha value is -1.40. The molecule has 2 aliphatic rings. The van der Waals surface area contributed by atoms with Gasteiger partial charge in [0.05, 0.1) is 6.42 Å². The van der Waals surface area contributed by atoms with E-state index in [-0.39, 0.29) is 17.1 Å². The first-order chi connectivity index (χ1) is 10.4. The van der Waals surface area contributed by atoms with Crippen LogP contribution in [0.25, 0.3) is 0 Å². The molecule has 1 aromatic rings. The van der Waals surface area contributed by atoms with E-state index in [1.165, 1.54) is 5.56 Å². The van der Waals surface area contributed by atoms with Crippen molar-refractivity contribution in [3.05, 3.63) is 35.9 Å². The molecule has 6 heteroatoms. The van der Waals surface area contributed by atoms with Crippen molar-refractivity contribution < 1.29 is 17.9 Å². The van der Waals surface area contributed by atoms with E-state index in [4.69, 9.17) is 9.88 Å². The quantitative estimate of drug-likeness (QED) is 0.861. The van der Waals surface area contributed by atoms with Crippen LogP contribution in [0.3, 0.4) is 0 Å². The van der Waals surface area contributed by atoms with Crippen molar-refractivity contribution in [3.8, 4) is 0 Å². The van der Waals surface area contributed by atoms with E-state index < -0.39 is 16.1 Å². The smallest absolute Gasteiger partial charge is 0.306 e. The van der Waals surface area contributed by atoms with Crippen LogP contribution in [0.4, 0.5) is 0 Å². The van der Waals surface area contributed by atoms with E-state index in [0.29, 0.717) is 12.3 Å². The molecule has 0 amide bonds. The first kappa shape index (κ1) is 15.5. The van der Waals surface area contributed by atoms with Crippen LogP contribution < -0.4 is 5.14 Å². The van der Waals surface area contributed by atoms with Gasteiger partial charge in [0.25, 0.3) is 0 Å². The summed E-state index contributed by atoms with van der Waals surface area (Å²) < 4.78 is 28.1. The van der Waals surface area contributed by atoms with Gasteiger partial charge < -0.3 is 4.74 Å². The molecule has 1 saturated carbocycles. The van der Waals surface area contributed by atoms with Crippen LogP contribution in [-0.2, 0) is 19.6 Å². The molecule has 2 N–H and O–H groups in total. The first-order valence-electron chi connectivity index (χ1n) is 7.63. The van der Waals surface area contributed by atoms with Gasteiger partial charge in [0.2, 0.25) is 10.0 Å². The minimum Gasteiger partial charge on any atom is -0.461 e. The Morgan fingerprint density at radius 3 is 2.41 bits per heavy atom. The van der Waals surface area contributed by atoms with Crippen molar-refractivity contribution in [2.24, 2.45) is 10.6 Å². The second-order valence-electron chi connectivity index (χ2n) is 6.53. The molecule has 0 aromatic heterocycles. The third kappa shape index (κ3) is 3.17. The lowest BCUT2D eigenvalue weighted by Gasteiger charge is -2.39. The van der Waals surface area contributed by atoms with Crippen molar-refractivity contribution in [1.82, 2.24) is 0 Å². The van der Waals surface area contributed by atoms with E-state index >= 15 is 0 Å². The number of ether oxygens (including phenoxy) is 1. The van der Waals surface area contributed by atoms with E-state index in [1.54, 1.807) is 0 Å². The Morgan fingerprint density at radius 2 is 1.82 bits per heavy atom. The van der Waals surface area contributed by atoms with Crippen LogP contribution in [0, 0.1) is 5.41 Å². The van der Waals surface area contributed by atoms with Gasteiger partial charge in [0.15, 0.2) is 0 Å². The maximum atomic E-state index is 11.7. The zero-order valence-electron chi connectivity index (χ0n) is 12.4. The number of hydrogen-bond donors (Lipinski definition) is 1. The largest absolute Gasteiger partial charge is 0.461 e. The number of sulfonamides is 1. The van der Waals surface area contributed by atoms with E-state index in [1.807, 2.05) is 18.2 Å². The van der Waals surface area contributed by atoms with Crippen LogP contribution in [0.1, 0.15) is 43.6 Å². The molecule has 0 radical (unpaired) electrons. The predicted molar refractivity (Wildman–Crippen MR) is 82.6 cm³/mol. The first-order valence-corrected chi connectivity index (χ1v) is 9.34. The highest BCUT2D eigenvalue weighted by Crippen LogP contribution is 2.51. The second kappa shape index (κ2) is 5.66. The van der Waals surface area contributed by atoms with Crippen LogP contribution in [0.5, 0.6) is 0 Å². The number of esters is 1. The lowest BCUT2D eigenvalue weighted by Crippen LogP contribution is -2.40. The normalized spacial score (nSPS) is 32.1. The molecule has 1 heterocycles. The lowest BCUT2D eigenvalue weighted by atomic mass is 9.66. The molecule has 5 nitrogen and oxygen atoms in total. The van der Waals surface area contributed by atoms with Crippen molar-refractivity contribution in [1.29, 1.82) is 0 Å². The summed E-state index contributed by atoms with van der Waals surface area (Å²) in [6, 6.07) is 10.3. The number of cyclic esters (lactones) is 1. The van der Waals surface area contributed by atoms with Gasteiger partial charge in [-0.05, 0) is 37.2 Å². The molecule has 0 bridgehead atoms. The maximum Gasteiger partial charge on any atom is 0.306 e. The van der Waals surface area contributed by atoms with Gasteiger partial charge in [-0.15, -0.1) is 0 Å². The monoisotopic (exact) mass is 323 g/mol. The summed E-state index contributed by atoms with van der Waals surface area (Å²) in [4.78, 5) is 11.7. The van der Waals surface area contributed by atoms with E-state index in [9.17, 15) is 13.2 Å². The van der Waals surface area contributed by atoms with Crippen LogP contribution in [0.2, 0.25) is 0 Å². The Labute approximate surface area is 130 Å². The Bertz CT molecular complexity index is 648. The molecule has 1 aromatic carbocycles. The van der Waals surface area contributed by atoms with Gasteiger partial charge in [-0.3, -0.25) is 4.79 Å². The molecule has 22 heavy (non-hydrogen) atoms. The summed E-state index contributed by atoms with van der Waals surface area (Å²) in [7, 11) is -3.65. The lowest BCUT2D eigenvalue weighted by molar-refractivity contribution is -0.141. The molecule has 120 valence electrons. The van der Waals surface area contributed by atoms with Crippen molar-refractivity contribution >= 4 is 16.0 Å². The van der Waals surface area contributed by atoms with Crippen LogP contribution >= 0.6 is 0 Å². The van der Waals surface area contributed by atoms with Crippen molar-refractivity contribution in [3.63, 3.8) is 0 Å².